The highest BCUT2D eigenvalue weighted by Gasteiger charge is 2.42. The lowest BCUT2D eigenvalue weighted by molar-refractivity contribution is 0.241. The Bertz CT molecular complexity index is 529. The number of nitrogens with two attached hydrogens (primary N) is 1. The minimum Gasteiger partial charge on any atom is -0.491 e. The minimum atomic E-state index is 0.233. The number of hydrogen-bond acceptors (Lipinski definition) is 3. The van der Waals surface area contributed by atoms with Crippen LogP contribution in [0.1, 0.15) is 12.8 Å². The van der Waals surface area contributed by atoms with Gasteiger partial charge in [-0.3, -0.25) is 4.98 Å². The Morgan fingerprint density at radius 3 is 2.82 bits per heavy atom. The number of hydrogen-bond donors (Lipinski definition) is 1. The van der Waals surface area contributed by atoms with Crippen LogP contribution in [0.15, 0.2) is 36.5 Å². The predicted octanol–water partition coefficient (Wildman–Crippen LogP) is 2.35. The van der Waals surface area contributed by atoms with E-state index in [0.717, 1.165) is 16.7 Å². The number of nitrogens with zero attached hydrogens (tertiary/aromatic N) is 1. The van der Waals surface area contributed by atoms with Gasteiger partial charge in [0.05, 0.1) is 6.61 Å². The summed E-state index contributed by atoms with van der Waals surface area (Å²) in [7, 11) is 0. The fourth-order valence-electron chi connectivity index (χ4n) is 2.01. The van der Waals surface area contributed by atoms with Gasteiger partial charge >= 0.3 is 0 Å². The minimum absolute atomic E-state index is 0.233. The smallest absolute Gasteiger partial charge is 0.145 e. The number of pyridine rings is 1. The standard InChI is InChI=1S/C14H16N2O/c15-9-14(6-7-14)10-17-12-5-1-3-11-4-2-8-16-13(11)12/h1-5,8H,6-7,9-10,15H2. The molecule has 0 radical (unpaired) electrons. The van der Waals surface area contributed by atoms with Crippen LogP contribution in [0.5, 0.6) is 5.75 Å². The van der Waals surface area contributed by atoms with Gasteiger partial charge in [-0.15, -0.1) is 0 Å². The second-order valence-electron chi connectivity index (χ2n) is 4.82. The van der Waals surface area contributed by atoms with Crippen LogP contribution in [0.2, 0.25) is 0 Å². The Morgan fingerprint density at radius 2 is 2.06 bits per heavy atom. The average Bonchev–Trinajstić information content (AvgIpc) is 3.17. The molecule has 0 atom stereocenters. The highest BCUT2D eigenvalue weighted by molar-refractivity contribution is 5.84. The van der Waals surface area contributed by atoms with Crippen LogP contribution in [0, 0.1) is 5.41 Å². The fourth-order valence-corrected chi connectivity index (χ4v) is 2.01. The maximum Gasteiger partial charge on any atom is 0.145 e. The van der Waals surface area contributed by atoms with Gasteiger partial charge in [0.1, 0.15) is 11.3 Å². The second-order valence-corrected chi connectivity index (χ2v) is 4.82. The summed E-state index contributed by atoms with van der Waals surface area (Å²) in [6, 6.07) is 10.0. The molecular formula is C14H16N2O. The molecule has 2 N–H and O–H groups in total. The summed E-state index contributed by atoms with van der Waals surface area (Å²) in [4.78, 5) is 4.37. The molecule has 1 aromatic heterocycles. The van der Waals surface area contributed by atoms with E-state index in [9.17, 15) is 0 Å². The van der Waals surface area contributed by atoms with Crippen molar-refractivity contribution in [2.75, 3.05) is 13.2 Å². The van der Waals surface area contributed by atoms with E-state index in [0.29, 0.717) is 13.2 Å². The molecule has 88 valence electrons. The Labute approximate surface area is 101 Å². The van der Waals surface area contributed by atoms with E-state index in [1.165, 1.54) is 12.8 Å². The maximum atomic E-state index is 5.89. The van der Waals surface area contributed by atoms with E-state index in [2.05, 4.69) is 4.98 Å². The molecule has 0 aliphatic heterocycles. The van der Waals surface area contributed by atoms with Crippen LogP contribution in [0.3, 0.4) is 0 Å². The van der Waals surface area contributed by atoms with Crippen LogP contribution < -0.4 is 10.5 Å². The van der Waals surface area contributed by atoms with E-state index >= 15 is 0 Å². The number of ether oxygens (including phenoxy) is 1. The first-order chi connectivity index (χ1) is 8.33. The molecule has 1 fully saturated rings. The lowest BCUT2D eigenvalue weighted by Crippen LogP contribution is -2.22. The maximum absolute atomic E-state index is 5.89. The van der Waals surface area contributed by atoms with Crippen molar-refractivity contribution in [3.05, 3.63) is 36.5 Å². The average molecular weight is 228 g/mol. The van der Waals surface area contributed by atoms with E-state index in [-0.39, 0.29) is 5.41 Å². The van der Waals surface area contributed by atoms with Crippen LogP contribution >= 0.6 is 0 Å². The molecule has 1 heterocycles. The summed E-state index contributed by atoms with van der Waals surface area (Å²) in [6.07, 6.45) is 4.16. The zero-order valence-corrected chi connectivity index (χ0v) is 9.73. The first kappa shape index (κ1) is 10.5. The summed E-state index contributed by atoms with van der Waals surface area (Å²) < 4.78 is 5.89. The van der Waals surface area contributed by atoms with Crippen molar-refractivity contribution in [2.45, 2.75) is 12.8 Å². The molecule has 3 heteroatoms. The van der Waals surface area contributed by atoms with Gasteiger partial charge in [-0.05, 0) is 25.0 Å². The molecule has 0 unspecified atom stereocenters. The van der Waals surface area contributed by atoms with Crippen molar-refractivity contribution in [3.63, 3.8) is 0 Å². The van der Waals surface area contributed by atoms with Gasteiger partial charge in [-0.2, -0.15) is 0 Å². The number of rotatable bonds is 4. The van der Waals surface area contributed by atoms with Gasteiger partial charge in [-0.25, -0.2) is 0 Å². The molecule has 1 saturated carbocycles. The van der Waals surface area contributed by atoms with Crippen molar-refractivity contribution < 1.29 is 4.74 Å². The van der Waals surface area contributed by atoms with E-state index < -0.39 is 0 Å². The molecule has 3 rings (SSSR count). The highest BCUT2D eigenvalue weighted by Crippen LogP contribution is 2.44. The quantitative estimate of drug-likeness (QED) is 0.873. The van der Waals surface area contributed by atoms with Gasteiger partial charge in [0.25, 0.3) is 0 Å². The molecule has 0 bridgehead atoms. The van der Waals surface area contributed by atoms with Gasteiger partial charge in [0.2, 0.25) is 0 Å². The normalized spacial score (nSPS) is 17.0. The zero-order chi connectivity index (χ0) is 11.7. The summed E-state index contributed by atoms with van der Waals surface area (Å²) >= 11 is 0. The summed E-state index contributed by atoms with van der Waals surface area (Å²) in [6.45, 7) is 1.42. The molecule has 1 aliphatic rings. The SMILES string of the molecule is NCC1(COc2cccc3cccnc23)CC1. The molecule has 0 amide bonds. The fraction of sp³-hybridized carbons (Fsp3) is 0.357. The Balaban J connectivity index is 1.85. The molecule has 3 nitrogen and oxygen atoms in total. The summed E-state index contributed by atoms with van der Waals surface area (Å²) in [5.41, 5.74) is 6.92. The number of benzene rings is 1. The summed E-state index contributed by atoms with van der Waals surface area (Å²) in [5.74, 6) is 0.864. The monoisotopic (exact) mass is 228 g/mol. The topological polar surface area (TPSA) is 48.1 Å². The number of para-hydroxylation sites is 1. The van der Waals surface area contributed by atoms with Crippen molar-refractivity contribution >= 4 is 10.9 Å². The van der Waals surface area contributed by atoms with Gasteiger partial charge in [0.15, 0.2) is 0 Å². The Morgan fingerprint density at radius 1 is 1.24 bits per heavy atom. The number of fused-ring (bicyclic) bond motifs is 1. The molecule has 2 aromatic rings. The lowest BCUT2D eigenvalue weighted by atomic mass is 10.1. The van der Waals surface area contributed by atoms with Crippen LogP contribution in [0.4, 0.5) is 0 Å². The molecule has 1 aliphatic carbocycles. The Kier molecular flexibility index (Phi) is 2.48. The first-order valence-corrected chi connectivity index (χ1v) is 6.00. The van der Waals surface area contributed by atoms with Crippen LogP contribution in [-0.2, 0) is 0 Å². The summed E-state index contributed by atoms with van der Waals surface area (Å²) in [5, 5.41) is 1.11. The third-order valence-corrected chi connectivity index (χ3v) is 3.52. The van der Waals surface area contributed by atoms with Crippen LogP contribution in [0.25, 0.3) is 10.9 Å². The molecule has 0 spiro atoms. The molecular weight excluding hydrogens is 212 g/mol. The third-order valence-electron chi connectivity index (χ3n) is 3.52. The van der Waals surface area contributed by atoms with Gasteiger partial charge in [0, 0.05) is 23.5 Å². The van der Waals surface area contributed by atoms with Gasteiger partial charge in [-0.1, -0.05) is 18.2 Å². The highest BCUT2D eigenvalue weighted by atomic mass is 16.5. The molecule has 1 aromatic carbocycles. The molecule has 0 saturated heterocycles. The number of aromatic nitrogens is 1. The van der Waals surface area contributed by atoms with Crippen molar-refractivity contribution in [1.29, 1.82) is 0 Å². The predicted molar refractivity (Wildman–Crippen MR) is 68.0 cm³/mol. The van der Waals surface area contributed by atoms with Crippen LogP contribution in [-0.4, -0.2) is 18.1 Å². The second kappa shape index (κ2) is 4.00. The lowest BCUT2D eigenvalue weighted by Gasteiger charge is -2.14. The first-order valence-electron chi connectivity index (χ1n) is 6.00. The van der Waals surface area contributed by atoms with Crippen molar-refractivity contribution in [2.24, 2.45) is 11.1 Å². The van der Waals surface area contributed by atoms with Crippen molar-refractivity contribution in [3.8, 4) is 5.75 Å². The molecule has 17 heavy (non-hydrogen) atoms. The van der Waals surface area contributed by atoms with E-state index in [4.69, 9.17) is 10.5 Å². The largest absolute Gasteiger partial charge is 0.491 e. The Hall–Kier alpha value is -1.61. The van der Waals surface area contributed by atoms with Gasteiger partial charge < -0.3 is 10.5 Å². The van der Waals surface area contributed by atoms with Crippen molar-refractivity contribution in [1.82, 2.24) is 4.98 Å². The van der Waals surface area contributed by atoms with E-state index in [1.807, 2.05) is 30.3 Å². The zero-order valence-electron chi connectivity index (χ0n) is 9.73. The third kappa shape index (κ3) is 1.98. The van der Waals surface area contributed by atoms with E-state index in [1.54, 1.807) is 6.20 Å².